The zero-order valence-corrected chi connectivity index (χ0v) is 16.6. The van der Waals surface area contributed by atoms with Crippen LogP contribution in [0.5, 0.6) is 11.5 Å². The summed E-state index contributed by atoms with van der Waals surface area (Å²) >= 11 is 0. The second kappa shape index (κ2) is 10.3. The molecule has 1 amide bonds. The van der Waals surface area contributed by atoms with Crippen LogP contribution in [0.3, 0.4) is 0 Å². The van der Waals surface area contributed by atoms with E-state index in [2.05, 4.69) is 24.1 Å². The summed E-state index contributed by atoms with van der Waals surface area (Å²) in [5, 5.41) is 2.87. The van der Waals surface area contributed by atoms with Crippen molar-refractivity contribution in [2.75, 3.05) is 39.9 Å². The minimum Gasteiger partial charge on any atom is -0.493 e. The van der Waals surface area contributed by atoms with Crippen molar-refractivity contribution in [3.05, 3.63) is 23.8 Å². The van der Waals surface area contributed by atoms with Gasteiger partial charge in [-0.1, -0.05) is 0 Å². The van der Waals surface area contributed by atoms with Gasteiger partial charge in [0.2, 0.25) is 0 Å². The van der Waals surface area contributed by atoms with Crippen molar-refractivity contribution in [3.8, 4) is 11.5 Å². The Kier molecular flexibility index (Phi) is 8.06. The van der Waals surface area contributed by atoms with Crippen LogP contribution in [0.2, 0.25) is 0 Å². The predicted octanol–water partition coefficient (Wildman–Crippen LogP) is 1.89. The average molecular weight is 378 g/mol. The molecule has 2 unspecified atom stereocenters. The fourth-order valence-corrected chi connectivity index (χ4v) is 3.20. The Bertz CT molecular complexity index is 639. The summed E-state index contributed by atoms with van der Waals surface area (Å²) in [4.78, 5) is 25.8. The first-order valence-electron chi connectivity index (χ1n) is 9.35. The Labute approximate surface area is 161 Å². The van der Waals surface area contributed by atoms with E-state index in [1.54, 1.807) is 18.2 Å². The van der Waals surface area contributed by atoms with Crippen LogP contribution < -0.4 is 14.8 Å². The second-order valence-electron chi connectivity index (χ2n) is 6.93. The van der Waals surface area contributed by atoms with Gasteiger partial charge in [0.1, 0.15) is 0 Å². The lowest BCUT2D eigenvalue weighted by molar-refractivity contribution is -0.123. The molecule has 0 bridgehead atoms. The van der Waals surface area contributed by atoms with Crippen molar-refractivity contribution in [1.29, 1.82) is 0 Å². The molecule has 0 spiro atoms. The summed E-state index contributed by atoms with van der Waals surface area (Å²) in [5.74, 6) is 0.637. The van der Waals surface area contributed by atoms with Gasteiger partial charge in [-0.05, 0) is 45.4 Å². The molecular weight excluding hydrogens is 348 g/mol. The molecule has 0 aromatic heterocycles. The van der Waals surface area contributed by atoms with E-state index < -0.39 is 0 Å². The molecule has 0 aliphatic carbocycles. The Morgan fingerprint density at radius 2 is 1.93 bits per heavy atom. The first-order chi connectivity index (χ1) is 12.9. The third kappa shape index (κ3) is 6.84. The van der Waals surface area contributed by atoms with Gasteiger partial charge < -0.3 is 19.5 Å². The van der Waals surface area contributed by atoms with Gasteiger partial charge in [0.25, 0.3) is 5.91 Å². The molecule has 0 saturated carbocycles. The fraction of sp³-hybridized carbons (Fsp3) is 0.600. The number of nitrogens with one attached hydrogen (secondary N) is 1. The third-order valence-electron chi connectivity index (χ3n) is 4.40. The lowest BCUT2D eigenvalue weighted by atomic mass is 10.1. The van der Waals surface area contributed by atoms with E-state index in [0.29, 0.717) is 23.6 Å². The highest BCUT2D eigenvalue weighted by Gasteiger charge is 2.21. The summed E-state index contributed by atoms with van der Waals surface area (Å²) in [6.45, 7) is 8.94. The quantitative estimate of drug-likeness (QED) is 0.522. The van der Waals surface area contributed by atoms with Crippen LogP contribution in [-0.4, -0.2) is 68.7 Å². The van der Waals surface area contributed by atoms with Gasteiger partial charge in [-0.15, -0.1) is 0 Å². The predicted molar refractivity (Wildman–Crippen MR) is 103 cm³/mol. The maximum Gasteiger partial charge on any atom is 0.257 e. The SMILES string of the molecule is COc1cc(C(C)=O)ccc1OCC(=O)NCCCN1CC(C)OC(C)C1. The van der Waals surface area contributed by atoms with Gasteiger partial charge >= 0.3 is 0 Å². The minimum absolute atomic E-state index is 0.0540. The summed E-state index contributed by atoms with van der Waals surface area (Å²) in [6, 6.07) is 4.91. The number of carbonyl (C=O) groups is 2. The number of morpholine rings is 1. The van der Waals surface area contributed by atoms with Gasteiger partial charge in [0, 0.05) is 31.7 Å². The zero-order chi connectivity index (χ0) is 19.8. The van der Waals surface area contributed by atoms with Gasteiger partial charge in [-0.25, -0.2) is 0 Å². The largest absolute Gasteiger partial charge is 0.493 e. The maximum absolute atomic E-state index is 12.0. The van der Waals surface area contributed by atoms with E-state index in [-0.39, 0.29) is 30.5 Å². The third-order valence-corrected chi connectivity index (χ3v) is 4.40. The Morgan fingerprint density at radius 1 is 1.22 bits per heavy atom. The molecule has 2 atom stereocenters. The second-order valence-corrected chi connectivity index (χ2v) is 6.93. The smallest absolute Gasteiger partial charge is 0.257 e. The van der Waals surface area contributed by atoms with Gasteiger partial charge in [0.05, 0.1) is 19.3 Å². The maximum atomic E-state index is 12.0. The summed E-state index contributed by atoms with van der Waals surface area (Å²) in [6.07, 6.45) is 1.38. The number of Topliss-reactive ketones (excluding diaryl/α,β-unsaturated/α-hetero) is 1. The van der Waals surface area contributed by atoms with Crippen molar-refractivity contribution in [2.45, 2.75) is 39.4 Å². The molecule has 1 aromatic carbocycles. The highest BCUT2D eigenvalue weighted by atomic mass is 16.5. The number of ketones is 1. The molecule has 0 radical (unpaired) electrons. The van der Waals surface area contributed by atoms with Crippen molar-refractivity contribution in [3.63, 3.8) is 0 Å². The van der Waals surface area contributed by atoms with Crippen molar-refractivity contribution >= 4 is 11.7 Å². The zero-order valence-electron chi connectivity index (χ0n) is 16.6. The molecule has 1 fully saturated rings. The van der Waals surface area contributed by atoms with Crippen LogP contribution in [0.15, 0.2) is 18.2 Å². The number of hydrogen-bond acceptors (Lipinski definition) is 6. The minimum atomic E-state index is -0.184. The number of methoxy groups -OCH3 is 1. The first kappa shape index (κ1) is 21.2. The molecule has 1 aliphatic rings. The highest BCUT2D eigenvalue weighted by molar-refractivity contribution is 5.94. The highest BCUT2D eigenvalue weighted by Crippen LogP contribution is 2.28. The molecule has 1 saturated heterocycles. The molecular formula is C20H30N2O5. The monoisotopic (exact) mass is 378 g/mol. The number of benzene rings is 1. The summed E-state index contributed by atoms with van der Waals surface area (Å²) < 4.78 is 16.5. The number of ether oxygens (including phenoxy) is 3. The molecule has 150 valence electrons. The number of carbonyl (C=O) groups excluding carboxylic acids is 2. The Morgan fingerprint density at radius 3 is 2.56 bits per heavy atom. The van der Waals surface area contributed by atoms with Crippen molar-refractivity contribution in [2.24, 2.45) is 0 Å². The topological polar surface area (TPSA) is 77.1 Å². The number of rotatable bonds is 9. The van der Waals surface area contributed by atoms with E-state index in [1.165, 1.54) is 14.0 Å². The lowest BCUT2D eigenvalue weighted by Crippen LogP contribution is -2.46. The van der Waals surface area contributed by atoms with Crippen LogP contribution in [0, 0.1) is 0 Å². The first-order valence-corrected chi connectivity index (χ1v) is 9.35. The van der Waals surface area contributed by atoms with Crippen LogP contribution >= 0.6 is 0 Å². The van der Waals surface area contributed by atoms with Crippen LogP contribution in [0.4, 0.5) is 0 Å². The number of amides is 1. The molecule has 2 rings (SSSR count). The number of hydrogen-bond donors (Lipinski definition) is 1. The van der Waals surface area contributed by atoms with Gasteiger partial charge in [0.15, 0.2) is 23.9 Å². The Balaban J connectivity index is 1.70. The molecule has 1 aromatic rings. The molecule has 1 N–H and O–H groups in total. The molecule has 1 heterocycles. The van der Waals surface area contributed by atoms with Crippen molar-refractivity contribution in [1.82, 2.24) is 10.2 Å². The fourth-order valence-electron chi connectivity index (χ4n) is 3.20. The lowest BCUT2D eigenvalue weighted by Gasteiger charge is -2.35. The molecule has 1 aliphatic heterocycles. The van der Waals surface area contributed by atoms with Crippen LogP contribution in [0.25, 0.3) is 0 Å². The van der Waals surface area contributed by atoms with Gasteiger partial charge in [-0.3, -0.25) is 14.5 Å². The van der Waals surface area contributed by atoms with Crippen LogP contribution in [-0.2, 0) is 9.53 Å². The van der Waals surface area contributed by atoms with Crippen molar-refractivity contribution < 1.29 is 23.8 Å². The normalized spacial score (nSPS) is 20.1. The van der Waals surface area contributed by atoms with Crippen LogP contribution in [0.1, 0.15) is 37.6 Å². The molecule has 27 heavy (non-hydrogen) atoms. The standard InChI is InChI=1S/C20H30N2O5/c1-14-11-22(12-15(2)27-14)9-5-8-21-20(24)13-26-18-7-6-17(16(3)23)10-19(18)25-4/h6-7,10,14-15H,5,8-9,11-13H2,1-4H3,(H,21,24). The summed E-state index contributed by atoms with van der Waals surface area (Å²) in [5.41, 5.74) is 0.537. The van der Waals surface area contributed by atoms with E-state index in [0.717, 1.165) is 26.1 Å². The van der Waals surface area contributed by atoms with E-state index in [4.69, 9.17) is 14.2 Å². The van der Waals surface area contributed by atoms with E-state index >= 15 is 0 Å². The van der Waals surface area contributed by atoms with E-state index in [9.17, 15) is 9.59 Å². The number of nitrogens with zero attached hydrogens (tertiary/aromatic N) is 1. The van der Waals surface area contributed by atoms with Gasteiger partial charge in [-0.2, -0.15) is 0 Å². The molecule has 7 heteroatoms. The average Bonchev–Trinajstić information content (AvgIpc) is 2.62. The van der Waals surface area contributed by atoms with E-state index in [1.807, 2.05) is 0 Å². The molecule has 7 nitrogen and oxygen atoms in total. The summed E-state index contributed by atoms with van der Waals surface area (Å²) in [7, 11) is 1.50. The Hall–Kier alpha value is -2.12.